The van der Waals surface area contributed by atoms with E-state index in [1.165, 1.54) is 30.3 Å². The number of benzene rings is 2. The van der Waals surface area contributed by atoms with Crippen LogP contribution in [0.3, 0.4) is 0 Å². The van der Waals surface area contributed by atoms with Gasteiger partial charge in [0.15, 0.2) is 5.70 Å². The van der Waals surface area contributed by atoms with Gasteiger partial charge < -0.3 is 19.9 Å². The van der Waals surface area contributed by atoms with E-state index >= 15 is 0 Å². The van der Waals surface area contributed by atoms with Crippen LogP contribution in [0.2, 0.25) is 0 Å². The number of hydrogen-bond donors (Lipinski definition) is 3. The summed E-state index contributed by atoms with van der Waals surface area (Å²) >= 11 is 0. The molecular formula is C20H19N3O9S. The van der Waals surface area contributed by atoms with Gasteiger partial charge in [0.1, 0.15) is 11.4 Å². The van der Waals surface area contributed by atoms with Gasteiger partial charge in [-0.2, -0.15) is 8.42 Å². The first kappa shape index (κ1) is 25.2. The fourth-order valence-corrected chi connectivity index (χ4v) is 2.98. The lowest BCUT2D eigenvalue weighted by atomic mass is 10.1. The quantitative estimate of drug-likeness (QED) is 0.177. The average Bonchev–Trinajstić information content (AvgIpc) is 2.77. The Kier molecular flexibility index (Phi) is 7.99. The number of aliphatic hydroxyl groups excluding tert-OH is 1. The molecule has 13 heteroatoms. The molecule has 3 N–H and O–H groups in total. The smallest absolute Gasteiger partial charge is 0.340 e. The van der Waals surface area contributed by atoms with Crippen LogP contribution >= 0.6 is 0 Å². The number of allylic oxidation sites excluding steroid dienone is 1. The number of rotatable bonds is 7. The van der Waals surface area contributed by atoms with Gasteiger partial charge in [0, 0.05) is 5.69 Å². The van der Waals surface area contributed by atoms with Crippen molar-refractivity contribution in [3.8, 4) is 0 Å². The number of azo groups is 1. The van der Waals surface area contributed by atoms with Crippen LogP contribution in [0.1, 0.15) is 27.6 Å². The van der Waals surface area contributed by atoms with Crippen LogP contribution in [0.4, 0.5) is 11.4 Å². The second kappa shape index (κ2) is 10.5. The minimum atomic E-state index is -4.51. The van der Waals surface area contributed by atoms with Crippen molar-refractivity contribution in [1.82, 2.24) is 0 Å². The molecule has 0 aliphatic carbocycles. The lowest BCUT2D eigenvalue weighted by Gasteiger charge is -2.08. The van der Waals surface area contributed by atoms with E-state index in [0.29, 0.717) is 0 Å². The first-order chi connectivity index (χ1) is 15.5. The minimum absolute atomic E-state index is 0.0213. The Labute approximate surface area is 188 Å². The van der Waals surface area contributed by atoms with Gasteiger partial charge in [-0.15, -0.1) is 10.2 Å². The van der Waals surface area contributed by atoms with Crippen LogP contribution < -0.4 is 5.32 Å². The summed E-state index contributed by atoms with van der Waals surface area (Å²) in [6.45, 7) is 1.15. The summed E-state index contributed by atoms with van der Waals surface area (Å²) in [4.78, 5) is 35.9. The highest BCUT2D eigenvalue weighted by Gasteiger charge is 2.18. The molecule has 0 spiro atoms. The zero-order valence-corrected chi connectivity index (χ0v) is 18.4. The Balaban J connectivity index is 2.41. The average molecular weight is 477 g/mol. The summed E-state index contributed by atoms with van der Waals surface area (Å²) in [5.41, 5.74) is -0.787. The third-order valence-electron chi connectivity index (χ3n) is 4.03. The number of aliphatic hydroxyl groups is 1. The number of nitrogens with zero attached hydrogens (tertiary/aromatic N) is 2. The Bertz CT molecular complexity index is 1260. The first-order valence-corrected chi connectivity index (χ1v) is 10.4. The van der Waals surface area contributed by atoms with Gasteiger partial charge in [-0.3, -0.25) is 9.35 Å². The van der Waals surface area contributed by atoms with E-state index in [4.69, 9.17) is 4.55 Å². The molecule has 0 radical (unpaired) electrons. The number of methoxy groups -OCH3 is 2. The normalized spacial score (nSPS) is 12.1. The Morgan fingerprint density at radius 3 is 2.24 bits per heavy atom. The van der Waals surface area contributed by atoms with E-state index in [1.807, 2.05) is 0 Å². The Hall–Kier alpha value is -4.10. The van der Waals surface area contributed by atoms with Crippen LogP contribution in [0.15, 0.2) is 69.0 Å². The summed E-state index contributed by atoms with van der Waals surface area (Å²) < 4.78 is 40.9. The van der Waals surface area contributed by atoms with E-state index in [1.54, 1.807) is 0 Å². The first-order valence-electron chi connectivity index (χ1n) is 8.99. The number of carbonyl (C=O) groups excluding carboxylic acids is 3. The molecule has 2 aromatic rings. The molecular weight excluding hydrogens is 458 g/mol. The van der Waals surface area contributed by atoms with Crippen molar-refractivity contribution in [2.45, 2.75) is 11.8 Å². The van der Waals surface area contributed by atoms with Gasteiger partial charge in [0.25, 0.3) is 16.0 Å². The summed E-state index contributed by atoms with van der Waals surface area (Å²) in [5.74, 6) is -3.03. The number of hydrogen-bond acceptors (Lipinski definition) is 10. The van der Waals surface area contributed by atoms with Crippen LogP contribution in [-0.4, -0.2) is 50.1 Å². The maximum Gasteiger partial charge on any atom is 0.340 e. The molecule has 174 valence electrons. The van der Waals surface area contributed by atoms with E-state index < -0.39 is 44.3 Å². The van der Waals surface area contributed by atoms with Crippen molar-refractivity contribution in [3.05, 3.63) is 65.0 Å². The van der Waals surface area contributed by atoms with Crippen molar-refractivity contribution in [3.63, 3.8) is 0 Å². The van der Waals surface area contributed by atoms with Crippen molar-refractivity contribution < 1.29 is 41.9 Å². The number of nitrogens with one attached hydrogen (secondary N) is 1. The molecule has 2 rings (SSSR count). The molecule has 0 saturated carbocycles. The molecule has 0 aromatic heterocycles. The largest absolute Gasteiger partial charge is 0.510 e. The Morgan fingerprint density at radius 1 is 1.00 bits per heavy atom. The minimum Gasteiger partial charge on any atom is -0.510 e. The predicted octanol–water partition coefficient (Wildman–Crippen LogP) is 3.02. The van der Waals surface area contributed by atoms with Gasteiger partial charge >= 0.3 is 11.9 Å². The number of amides is 1. The molecule has 0 heterocycles. The van der Waals surface area contributed by atoms with Crippen molar-refractivity contribution in [1.29, 1.82) is 0 Å². The molecule has 0 atom stereocenters. The van der Waals surface area contributed by atoms with Crippen LogP contribution in [0.5, 0.6) is 0 Å². The topological polar surface area (TPSA) is 181 Å². The van der Waals surface area contributed by atoms with Crippen LogP contribution in [0, 0.1) is 0 Å². The second-order valence-electron chi connectivity index (χ2n) is 6.31. The number of carbonyl (C=O) groups is 3. The molecule has 0 aliphatic rings. The maximum absolute atomic E-state index is 12.6. The van der Waals surface area contributed by atoms with Gasteiger partial charge in [-0.1, -0.05) is 6.07 Å². The molecule has 0 aliphatic heterocycles. The molecule has 2 aromatic carbocycles. The number of anilines is 1. The lowest BCUT2D eigenvalue weighted by molar-refractivity contribution is -0.113. The molecule has 1 amide bonds. The predicted molar refractivity (Wildman–Crippen MR) is 114 cm³/mol. The lowest BCUT2D eigenvalue weighted by Crippen LogP contribution is -2.15. The summed E-state index contributed by atoms with van der Waals surface area (Å²) in [6.07, 6.45) is 0. The van der Waals surface area contributed by atoms with Crippen molar-refractivity contribution >= 4 is 39.3 Å². The fourth-order valence-electron chi connectivity index (χ4n) is 2.45. The van der Waals surface area contributed by atoms with E-state index in [9.17, 15) is 27.9 Å². The zero-order valence-electron chi connectivity index (χ0n) is 17.6. The fraction of sp³-hybridized carbons (Fsp3) is 0.150. The van der Waals surface area contributed by atoms with Crippen LogP contribution in [-0.2, 0) is 24.4 Å². The second-order valence-corrected chi connectivity index (χ2v) is 7.73. The van der Waals surface area contributed by atoms with Crippen LogP contribution in [0.25, 0.3) is 0 Å². The highest BCUT2D eigenvalue weighted by atomic mass is 32.2. The third-order valence-corrected chi connectivity index (χ3v) is 4.88. The number of esters is 2. The maximum atomic E-state index is 12.6. The van der Waals surface area contributed by atoms with Gasteiger partial charge in [-0.05, 0) is 43.3 Å². The summed E-state index contributed by atoms with van der Waals surface area (Å²) in [6, 6.07) is 8.45. The molecule has 0 unspecified atom stereocenters. The molecule has 33 heavy (non-hydrogen) atoms. The Morgan fingerprint density at radius 2 is 1.67 bits per heavy atom. The van der Waals surface area contributed by atoms with Crippen molar-refractivity contribution in [2.24, 2.45) is 10.2 Å². The number of ether oxygens (including phenoxy) is 2. The molecule has 12 nitrogen and oxygen atoms in total. The zero-order chi connectivity index (χ0) is 24.8. The highest BCUT2D eigenvalue weighted by Crippen LogP contribution is 2.25. The third kappa shape index (κ3) is 6.44. The van der Waals surface area contributed by atoms with Gasteiger partial charge in [0.2, 0.25) is 0 Å². The van der Waals surface area contributed by atoms with Gasteiger partial charge in [-0.25, -0.2) is 9.59 Å². The standard InChI is InChI=1S/C20H19N3O9S/c1-11(24)17(18(25)21-13-5-4-6-14(10-13)33(28,29)30)23-22-16-9-12(19(26)31-2)7-8-15(16)20(27)32-3/h4-10,24H,1-3H3,(H,21,25)(H,28,29,30). The summed E-state index contributed by atoms with van der Waals surface area (Å²) in [7, 11) is -2.21. The monoisotopic (exact) mass is 477 g/mol. The molecule has 0 saturated heterocycles. The molecule has 0 bridgehead atoms. The summed E-state index contributed by atoms with van der Waals surface area (Å²) in [5, 5.41) is 19.7. The van der Waals surface area contributed by atoms with E-state index in [-0.39, 0.29) is 22.5 Å². The van der Waals surface area contributed by atoms with Crippen molar-refractivity contribution in [2.75, 3.05) is 19.5 Å². The van der Waals surface area contributed by atoms with E-state index in [2.05, 4.69) is 25.0 Å². The van der Waals surface area contributed by atoms with E-state index in [0.717, 1.165) is 33.3 Å². The highest BCUT2D eigenvalue weighted by molar-refractivity contribution is 7.85. The molecule has 0 fully saturated rings. The SMILES string of the molecule is COC(=O)c1ccc(C(=O)OC)c(N=NC(C(=O)Nc2cccc(S(=O)(=O)O)c2)=C(C)O)c1. The van der Waals surface area contributed by atoms with Gasteiger partial charge in [0.05, 0.1) is 30.2 Å².